The van der Waals surface area contributed by atoms with Crippen molar-refractivity contribution in [1.29, 1.82) is 0 Å². The van der Waals surface area contributed by atoms with Gasteiger partial charge in [-0.25, -0.2) is 13.2 Å². The fraction of sp³-hybridized carbons (Fsp3) is 0.500. The zero-order valence-electron chi connectivity index (χ0n) is 11.8. The first-order valence-corrected chi connectivity index (χ1v) is 8.51. The summed E-state index contributed by atoms with van der Waals surface area (Å²) in [5.41, 5.74) is 2.82. The van der Waals surface area contributed by atoms with E-state index in [0.717, 1.165) is 16.8 Å². The van der Waals surface area contributed by atoms with E-state index >= 15 is 0 Å². The highest BCUT2D eigenvalue weighted by atomic mass is 32.2. The van der Waals surface area contributed by atoms with E-state index in [0.29, 0.717) is 13.0 Å². The molecule has 6 heteroatoms. The van der Waals surface area contributed by atoms with Crippen LogP contribution in [0.5, 0.6) is 0 Å². The van der Waals surface area contributed by atoms with E-state index in [1.54, 1.807) is 0 Å². The van der Waals surface area contributed by atoms with Crippen molar-refractivity contribution in [2.75, 3.05) is 23.4 Å². The first-order valence-electron chi connectivity index (χ1n) is 6.69. The predicted molar refractivity (Wildman–Crippen MR) is 79.7 cm³/mol. The Morgan fingerprint density at radius 1 is 1.30 bits per heavy atom. The minimum Gasteiger partial charge on any atom is -0.338 e. The van der Waals surface area contributed by atoms with Crippen molar-refractivity contribution in [3.63, 3.8) is 0 Å². The molecule has 0 saturated carbocycles. The molecule has 1 aromatic carbocycles. The molecule has 2 amide bonds. The van der Waals surface area contributed by atoms with Crippen LogP contribution in [0.4, 0.5) is 10.5 Å². The van der Waals surface area contributed by atoms with E-state index < -0.39 is 9.84 Å². The Morgan fingerprint density at radius 2 is 1.95 bits per heavy atom. The number of benzene rings is 1. The van der Waals surface area contributed by atoms with Crippen molar-refractivity contribution in [2.24, 2.45) is 5.92 Å². The second-order valence-electron chi connectivity index (χ2n) is 5.37. The van der Waals surface area contributed by atoms with Crippen LogP contribution in [0.2, 0.25) is 0 Å². The average molecular weight is 296 g/mol. The molecule has 0 bridgehead atoms. The van der Waals surface area contributed by atoms with E-state index in [4.69, 9.17) is 0 Å². The third-order valence-electron chi connectivity index (χ3n) is 3.60. The van der Waals surface area contributed by atoms with Crippen LogP contribution in [0.15, 0.2) is 18.2 Å². The molecule has 1 fully saturated rings. The van der Waals surface area contributed by atoms with Crippen molar-refractivity contribution < 1.29 is 13.2 Å². The highest BCUT2D eigenvalue weighted by molar-refractivity contribution is 7.91. The summed E-state index contributed by atoms with van der Waals surface area (Å²) in [4.78, 5) is 11.9. The Morgan fingerprint density at radius 3 is 2.50 bits per heavy atom. The first kappa shape index (κ1) is 14.8. The van der Waals surface area contributed by atoms with Crippen LogP contribution in [-0.4, -0.2) is 32.5 Å². The zero-order chi connectivity index (χ0) is 14.8. The van der Waals surface area contributed by atoms with Gasteiger partial charge in [-0.05, 0) is 37.3 Å². The molecule has 2 N–H and O–H groups in total. The largest absolute Gasteiger partial charge is 0.338 e. The quantitative estimate of drug-likeness (QED) is 0.894. The molecule has 0 aromatic heterocycles. The highest BCUT2D eigenvalue weighted by Gasteiger charge is 2.27. The van der Waals surface area contributed by atoms with Gasteiger partial charge in [0, 0.05) is 12.2 Å². The molecule has 0 radical (unpaired) electrons. The molecule has 0 aliphatic carbocycles. The molecule has 1 aromatic rings. The second-order valence-corrected chi connectivity index (χ2v) is 7.60. The van der Waals surface area contributed by atoms with Gasteiger partial charge in [0.25, 0.3) is 0 Å². The monoisotopic (exact) mass is 296 g/mol. The number of carbonyl (C=O) groups excluding carboxylic acids is 1. The van der Waals surface area contributed by atoms with Gasteiger partial charge in [0.2, 0.25) is 0 Å². The number of urea groups is 1. The highest BCUT2D eigenvalue weighted by Crippen LogP contribution is 2.20. The summed E-state index contributed by atoms with van der Waals surface area (Å²) in [5.74, 6) is 0.442. The van der Waals surface area contributed by atoms with Crippen LogP contribution in [-0.2, 0) is 9.84 Å². The van der Waals surface area contributed by atoms with Gasteiger partial charge >= 0.3 is 6.03 Å². The van der Waals surface area contributed by atoms with Crippen LogP contribution in [0.3, 0.4) is 0 Å². The van der Waals surface area contributed by atoms with Crippen molar-refractivity contribution in [3.05, 3.63) is 29.3 Å². The lowest BCUT2D eigenvalue weighted by molar-refractivity contribution is 0.250. The molecule has 1 saturated heterocycles. The van der Waals surface area contributed by atoms with Gasteiger partial charge in [-0.2, -0.15) is 0 Å². The second kappa shape index (κ2) is 5.83. The van der Waals surface area contributed by atoms with E-state index in [9.17, 15) is 13.2 Å². The summed E-state index contributed by atoms with van der Waals surface area (Å²) >= 11 is 0. The number of amides is 2. The number of nitrogens with one attached hydrogen (secondary N) is 2. The van der Waals surface area contributed by atoms with Crippen LogP contribution < -0.4 is 10.6 Å². The number of carbonyl (C=O) groups is 1. The summed E-state index contributed by atoms with van der Waals surface area (Å²) in [6.07, 6.45) is 0.631. The number of aryl methyl sites for hydroxylation is 2. The lowest BCUT2D eigenvalue weighted by atomic mass is 10.1. The smallest absolute Gasteiger partial charge is 0.319 e. The van der Waals surface area contributed by atoms with Gasteiger partial charge in [-0.3, -0.25) is 0 Å². The molecule has 1 unspecified atom stereocenters. The number of rotatable bonds is 3. The van der Waals surface area contributed by atoms with Crippen molar-refractivity contribution in [1.82, 2.24) is 5.32 Å². The maximum atomic E-state index is 11.9. The van der Waals surface area contributed by atoms with Crippen LogP contribution in [0, 0.1) is 19.8 Å². The van der Waals surface area contributed by atoms with E-state index in [1.807, 2.05) is 32.0 Å². The Kier molecular flexibility index (Phi) is 4.32. The van der Waals surface area contributed by atoms with Gasteiger partial charge in [-0.15, -0.1) is 0 Å². The number of para-hydroxylation sites is 1. The molecule has 1 heterocycles. The van der Waals surface area contributed by atoms with Gasteiger partial charge in [0.05, 0.1) is 11.5 Å². The number of hydrogen-bond acceptors (Lipinski definition) is 3. The summed E-state index contributed by atoms with van der Waals surface area (Å²) in [6.45, 7) is 4.27. The molecule has 110 valence electrons. The van der Waals surface area contributed by atoms with Crippen LogP contribution in [0.25, 0.3) is 0 Å². The summed E-state index contributed by atoms with van der Waals surface area (Å²) < 4.78 is 22.7. The minimum atomic E-state index is -2.89. The average Bonchev–Trinajstić information content (AvgIpc) is 2.71. The molecule has 1 aliphatic rings. The van der Waals surface area contributed by atoms with Crippen LogP contribution >= 0.6 is 0 Å². The molecule has 2 rings (SSSR count). The molecule has 20 heavy (non-hydrogen) atoms. The molecule has 5 nitrogen and oxygen atoms in total. The van der Waals surface area contributed by atoms with Gasteiger partial charge < -0.3 is 10.6 Å². The van der Waals surface area contributed by atoms with Crippen LogP contribution in [0.1, 0.15) is 17.5 Å². The SMILES string of the molecule is Cc1cccc(C)c1NC(=O)NCC1CCS(=O)(=O)C1. The lowest BCUT2D eigenvalue weighted by Gasteiger charge is -2.14. The first-order chi connectivity index (χ1) is 9.37. The minimum absolute atomic E-state index is 0.0312. The zero-order valence-corrected chi connectivity index (χ0v) is 12.6. The van der Waals surface area contributed by atoms with Gasteiger partial charge in [0.1, 0.15) is 0 Å². The standard InChI is InChI=1S/C14H20N2O3S/c1-10-4-3-5-11(2)13(10)16-14(17)15-8-12-6-7-20(18,19)9-12/h3-5,12H,6-9H2,1-2H3,(H2,15,16,17). The molecule has 0 spiro atoms. The maximum absolute atomic E-state index is 11.9. The van der Waals surface area contributed by atoms with E-state index in [-0.39, 0.29) is 23.5 Å². The number of sulfone groups is 1. The number of hydrogen-bond donors (Lipinski definition) is 2. The normalized spacial score (nSPS) is 20.6. The molecule has 1 aliphatic heterocycles. The van der Waals surface area contributed by atoms with Crippen molar-refractivity contribution in [2.45, 2.75) is 20.3 Å². The third kappa shape index (κ3) is 3.72. The summed E-state index contributed by atoms with van der Waals surface area (Å²) in [7, 11) is -2.89. The summed E-state index contributed by atoms with van der Waals surface area (Å²) in [6, 6.07) is 5.53. The molecular weight excluding hydrogens is 276 g/mol. The third-order valence-corrected chi connectivity index (χ3v) is 5.43. The van der Waals surface area contributed by atoms with Crippen molar-refractivity contribution >= 4 is 21.6 Å². The fourth-order valence-electron chi connectivity index (χ4n) is 2.44. The lowest BCUT2D eigenvalue weighted by Crippen LogP contribution is -2.33. The van der Waals surface area contributed by atoms with Gasteiger partial charge in [-0.1, -0.05) is 18.2 Å². The molecular formula is C14H20N2O3S. The number of anilines is 1. The Labute approximate surface area is 119 Å². The van der Waals surface area contributed by atoms with Gasteiger partial charge in [0.15, 0.2) is 9.84 Å². The summed E-state index contributed by atoms with van der Waals surface area (Å²) in [5, 5.41) is 5.57. The fourth-order valence-corrected chi connectivity index (χ4v) is 4.30. The Bertz CT molecular complexity index is 591. The van der Waals surface area contributed by atoms with Crippen molar-refractivity contribution in [3.8, 4) is 0 Å². The topological polar surface area (TPSA) is 75.3 Å². The van der Waals surface area contributed by atoms with E-state index in [2.05, 4.69) is 10.6 Å². The maximum Gasteiger partial charge on any atom is 0.319 e. The Balaban J connectivity index is 1.87. The molecule has 1 atom stereocenters. The Hall–Kier alpha value is -1.56. The van der Waals surface area contributed by atoms with E-state index in [1.165, 1.54) is 0 Å². The predicted octanol–water partition coefficient (Wildman–Crippen LogP) is 1.86.